The van der Waals surface area contributed by atoms with E-state index in [9.17, 15) is 19.5 Å². The van der Waals surface area contributed by atoms with E-state index < -0.39 is 30.1 Å². The van der Waals surface area contributed by atoms with Crippen LogP contribution in [-0.2, 0) is 20.9 Å². The summed E-state index contributed by atoms with van der Waals surface area (Å²) < 4.78 is 5.00. The third-order valence-corrected chi connectivity index (χ3v) is 3.50. The maximum Gasteiger partial charge on any atom is 0.407 e. The van der Waals surface area contributed by atoms with E-state index in [1.165, 1.54) is 0 Å². The largest absolute Gasteiger partial charge is 0.445 e. The second-order valence-corrected chi connectivity index (χ2v) is 6.45. The van der Waals surface area contributed by atoms with Gasteiger partial charge in [0, 0.05) is 6.54 Å². The van der Waals surface area contributed by atoms with Crippen LogP contribution in [0.5, 0.6) is 0 Å². The van der Waals surface area contributed by atoms with Crippen LogP contribution in [0.2, 0.25) is 0 Å². The molecule has 0 heterocycles. The second kappa shape index (κ2) is 11.1. The quantitative estimate of drug-likeness (QED) is 0.484. The summed E-state index contributed by atoms with van der Waals surface area (Å²) in [6.07, 6.45) is -1.64. The highest BCUT2D eigenvalue weighted by Crippen LogP contribution is 2.05. The van der Waals surface area contributed by atoms with Crippen molar-refractivity contribution >= 4 is 17.9 Å². The average molecular weight is 365 g/mol. The number of alkyl carbamates (subject to hydrolysis) is 1. The molecule has 0 bridgehead atoms. The number of ether oxygens (including phenoxy) is 1. The number of aliphatic hydroxyl groups excluding tert-OH is 1. The molecule has 0 saturated carbocycles. The lowest BCUT2D eigenvalue weighted by molar-refractivity contribution is -0.128. The molecule has 2 atom stereocenters. The summed E-state index contributed by atoms with van der Waals surface area (Å²) in [5.41, 5.74) is 6.09. The van der Waals surface area contributed by atoms with Gasteiger partial charge in [-0.25, -0.2) is 4.79 Å². The van der Waals surface area contributed by atoms with Gasteiger partial charge in [-0.2, -0.15) is 0 Å². The zero-order valence-corrected chi connectivity index (χ0v) is 15.1. The maximum atomic E-state index is 11.9. The lowest BCUT2D eigenvalue weighted by atomic mass is 10.0. The van der Waals surface area contributed by atoms with Crippen LogP contribution in [0.15, 0.2) is 30.3 Å². The molecular formula is C18H27N3O5. The van der Waals surface area contributed by atoms with Crippen molar-refractivity contribution < 1.29 is 24.2 Å². The van der Waals surface area contributed by atoms with Crippen molar-refractivity contribution in [3.05, 3.63) is 35.9 Å². The van der Waals surface area contributed by atoms with E-state index in [4.69, 9.17) is 10.5 Å². The number of hydrogen-bond donors (Lipinski definition) is 4. The summed E-state index contributed by atoms with van der Waals surface area (Å²) in [5.74, 6) is -0.954. The summed E-state index contributed by atoms with van der Waals surface area (Å²) in [6, 6.07) is 8.38. The first kappa shape index (κ1) is 21.4. The van der Waals surface area contributed by atoms with Gasteiger partial charge in [-0.3, -0.25) is 9.59 Å². The van der Waals surface area contributed by atoms with Crippen molar-refractivity contribution in [1.82, 2.24) is 10.6 Å². The molecule has 1 rings (SSSR count). The fraction of sp³-hybridized carbons (Fsp3) is 0.500. The van der Waals surface area contributed by atoms with E-state index in [-0.39, 0.29) is 25.5 Å². The number of carbonyl (C=O) groups excluding carboxylic acids is 3. The highest BCUT2D eigenvalue weighted by atomic mass is 16.5. The van der Waals surface area contributed by atoms with Crippen molar-refractivity contribution in [3.8, 4) is 0 Å². The second-order valence-electron chi connectivity index (χ2n) is 6.45. The number of aliphatic hydroxyl groups is 1. The molecule has 0 radical (unpaired) electrons. The predicted molar refractivity (Wildman–Crippen MR) is 95.8 cm³/mol. The minimum atomic E-state index is -1.10. The van der Waals surface area contributed by atoms with E-state index in [1.807, 2.05) is 44.2 Å². The Morgan fingerprint density at radius 3 is 2.42 bits per heavy atom. The van der Waals surface area contributed by atoms with E-state index >= 15 is 0 Å². The zero-order chi connectivity index (χ0) is 19.5. The smallest absolute Gasteiger partial charge is 0.407 e. The van der Waals surface area contributed by atoms with Crippen LogP contribution in [0.1, 0.15) is 32.3 Å². The van der Waals surface area contributed by atoms with E-state index in [2.05, 4.69) is 10.6 Å². The molecule has 0 unspecified atom stereocenters. The highest BCUT2D eigenvalue weighted by molar-refractivity contribution is 5.86. The molecule has 0 fully saturated rings. The van der Waals surface area contributed by atoms with Gasteiger partial charge < -0.3 is 26.2 Å². The lowest BCUT2D eigenvalue weighted by Crippen LogP contribution is -2.46. The normalized spacial score (nSPS) is 12.9. The van der Waals surface area contributed by atoms with Crippen LogP contribution in [0, 0.1) is 5.92 Å². The Hall–Kier alpha value is -2.61. The molecule has 1 aromatic rings. The number of hydrogen-bond acceptors (Lipinski definition) is 5. The highest BCUT2D eigenvalue weighted by Gasteiger charge is 2.21. The molecule has 0 aliphatic rings. The molecule has 5 N–H and O–H groups in total. The van der Waals surface area contributed by atoms with Gasteiger partial charge in [-0.1, -0.05) is 44.2 Å². The van der Waals surface area contributed by atoms with Gasteiger partial charge in [0.2, 0.25) is 11.8 Å². The summed E-state index contributed by atoms with van der Waals surface area (Å²) in [4.78, 5) is 34.8. The van der Waals surface area contributed by atoms with Gasteiger partial charge in [0.25, 0.3) is 0 Å². The summed E-state index contributed by atoms with van der Waals surface area (Å²) in [7, 11) is 0. The number of amides is 3. The third-order valence-electron chi connectivity index (χ3n) is 3.50. The summed E-state index contributed by atoms with van der Waals surface area (Å²) in [6.45, 7) is 3.77. The average Bonchev–Trinajstić information content (AvgIpc) is 2.58. The third kappa shape index (κ3) is 9.03. The minimum absolute atomic E-state index is 0.110. The number of carbonyl (C=O) groups is 3. The first-order valence-corrected chi connectivity index (χ1v) is 8.49. The van der Waals surface area contributed by atoms with E-state index in [0.29, 0.717) is 6.42 Å². The zero-order valence-electron chi connectivity index (χ0n) is 15.1. The van der Waals surface area contributed by atoms with Crippen LogP contribution in [0.4, 0.5) is 4.79 Å². The van der Waals surface area contributed by atoms with Gasteiger partial charge in [0.05, 0.1) is 12.5 Å². The van der Waals surface area contributed by atoms with Crippen molar-refractivity contribution in [2.24, 2.45) is 11.7 Å². The first-order valence-electron chi connectivity index (χ1n) is 8.49. The van der Waals surface area contributed by atoms with Crippen LogP contribution < -0.4 is 16.4 Å². The van der Waals surface area contributed by atoms with Crippen LogP contribution in [-0.4, -0.2) is 41.7 Å². The number of rotatable bonds is 10. The Bertz CT molecular complexity index is 592. The lowest BCUT2D eigenvalue weighted by Gasteiger charge is -2.18. The van der Waals surface area contributed by atoms with Crippen LogP contribution >= 0.6 is 0 Å². The number of primary amides is 1. The molecular weight excluding hydrogens is 338 g/mol. The number of nitrogens with two attached hydrogens (primary N) is 1. The maximum absolute atomic E-state index is 11.9. The van der Waals surface area contributed by atoms with E-state index in [1.54, 1.807) is 0 Å². The molecule has 26 heavy (non-hydrogen) atoms. The summed E-state index contributed by atoms with van der Waals surface area (Å²) in [5, 5.41) is 14.7. The Labute approximate surface area is 153 Å². The Balaban J connectivity index is 2.29. The summed E-state index contributed by atoms with van der Waals surface area (Å²) >= 11 is 0. The van der Waals surface area contributed by atoms with E-state index in [0.717, 1.165) is 5.56 Å². The molecule has 8 nitrogen and oxygen atoms in total. The van der Waals surface area contributed by atoms with Gasteiger partial charge >= 0.3 is 6.09 Å². The monoisotopic (exact) mass is 365 g/mol. The Morgan fingerprint density at radius 1 is 1.19 bits per heavy atom. The molecule has 8 heteroatoms. The van der Waals surface area contributed by atoms with Crippen LogP contribution in [0.3, 0.4) is 0 Å². The molecule has 0 spiro atoms. The first-order chi connectivity index (χ1) is 12.3. The SMILES string of the molecule is CC(C)C[C@@H](NC(=O)C[C@@H](O)CNC(=O)OCc1ccccc1)C(N)=O. The standard InChI is InChI=1S/C18H27N3O5/c1-12(2)8-15(17(19)24)21-16(23)9-14(22)10-20-18(25)26-11-13-6-4-3-5-7-13/h3-7,12,14-15,22H,8-11H2,1-2H3,(H2,19,24)(H,20,25)(H,21,23)/t14-,15-/m1/s1. The molecule has 1 aromatic carbocycles. The molecule has 0 aromatic heterocycles. The predicted octanol–water partition coefficient (Wildman–Crippen LogP) is 0.680. The van der Waals surface area contributed by atoms with Crippen molar-refractivity contribution in [2.45, 2.75) is 45.4 Å². The molecule has 0 aliphatic heterocycles. The van der Waals surface area contributed by atoms with Crippen molar-refractivity contribution in [3.63, 3.8) is 0 Å². The number of nitrogens with one attached hydrogen (secondary N) is 2. The van der Waals surface area contributed by atoms with Gasteiger partial charge in [-0.05, 0) is 17.9 Å². The molecule has 0 aliphatic carbocycles. The van der Waals surface area contributed by atoms with Crippen molar-refractivity contribution in [1.29, 1.82) is 0 Å². The molecule has 144 valence electrons. The Morgan fingerprint density at radius 2 is 1.85 bits per heavy atom. The van der Waals surface area contributed by atoms with Crippen LogP contribution in [0.25, 0.3) is 0 Å². The topological polar surface area (TPSA) is 131 Å². The van der Waals surface area contributed by atoms with Gasteiger partial charge in [-0.15, -0.1) is 0 Å². The fourth-order valence-corrected chi connectivity index (χ4v) is 2.23. The van der Waals surface area contributed by atoms with Gasteiger partial charge in [0.15, 0.2) is 0 Å². The minimum Gasteiger partial charge on any atom is -0.445 e. The fourth-order valence-electron chi connectivity index (χ4n) is 2.23. The number of benzene rings is 1. The molecule has 0 saturated heterocycles. The van der Waals surface area contributed by atoms with Gasteiger partial charge in [0.1, 0.15) is 12.6 Å². The van der Waals surface area contributed by atoms with Crippen molar-refractivity contribution in [2.75, 3.05) is 6.54 Å². The molecule has 3 amide bonds. The Kier molecular flexibility index (Phi) is 9.14.